The Hall–Kier alpha value is -2.33. The zero-order chi connectivity index (χ0) is 21.2. The van der Waals surface area contributed by atoms with Gasteiger partial charge >= 0.3 is 0 Å². The van der Waals surface area contributed by atoms with Crippen LogP contribution in [0, 0.1) is 0 Å². The fourth-order valence-electron chi connectivity index (χ4n) is 3.45. The quantitative estimate of drug-likeness (QED) is 0.624. The summed E-state index contributed by atoms with van der Waals surface area (Å²) in [5.74, 6) is -0.452. The number of rotatable bonds is 6. The third-order valence-corrected chi connectivity index (χ3v) is 7.56. The van der Waals surface area contributed by atoms with Crippen molar-refractivity contribution in [2.24, 2.45) is 0 Å². The second kappa shape index (κ2) is 8.58. The topological polar surface area (TPSA) is 101 Å². The number of likely N-dealkylation sites (N-methyl/N-ethyl adjacent to an activating group) is 1. The van der Waals surface area contributed by atoms with Gasteiger partial charge in [0.2, 0.25) is 5.91 Å². The van der Waals surface area contributed by atoms with E-state index in [4.69, 9.17) is 4.74 Å². The molecule has 1 aromatic rings. The largest absolute Gasteiger partial charge is 0.496 e. The van der Waals surface area contributed by atoms with Crippen LogP contribution in [0.15, 0.2) is 29.2 Å². The van der Waals surface area contributed by atoms with Gasteiger partial charge in [-0.3, -0.25) is 19.3 Å². The Balaban J connectivity index is 1.74. The van der Waals surface area contributed by atoms with Gasteiger partial charge in [-0.2, -0.15) is 0 Å². The van der Waals surface area contributed by atoms with Crippen LogP contribution in [0.4, 0.5) is 4.79 Å². The molecule has 8 nitrogen and oxygen atoms in total. The predicted octanol–water partition coefficient (Wildman–Crippen LogP) is 1.77. The highest BCUT2D eigenvalue weighted by molar-refractivity contribution is 8.18. The van der Waals surface area contributed by atoms with Crippen LogP contribution in [-0.4, -0.2) is 73.0 Å². The lowest BCUT2D eigenvalue weighted by Gasteiger charge is -2.28. The maximum atomic E-state index is 12.7. The molecule has 1 atom stereocenters. The van der Waals surface area contributed by atoms with E-state index in [1.54, 1.807) is 37.3 Å². The molecule has 0 saturated carbocycles. The number of imide groups is 1. The fraction of sp³-hybridized carbons (Fsp3) is 0.421. The third kappa shape index (κ3) is 4.64. The van der Waals surface area contributed by atoms with Crippen LogP contribution in [0.2, 0.25) is 0 Å². The van der Waals surface area contributed by atoms with Crippen LogP contribution in [0.5, 0.6) is 5.75 Å². The number of hydrogen-bond donors (Lipinski definition) is 0. The maximum Gasteiger partial charge on any atom is 0.294 e. The minimum absolute atomic E-state index is 0.0463. The first-order chi connectivity index (χ1) is 13.8. The van der Waals surface area contributed by atoms with Crippen LogP contribution < -0.4 is 4.74 Å². The molecule has 2 aliphatic rings. The molecule has 10 heteroatoms. The van der Waals surface area contributed by atoms with Gasteiger partial charge in [0.25, 0.3) is 11.1 Å². The van der Waals surface area contributed by atoms with Gasteiger partial charge in [0.15, 0.2) is 9.84 Å². The van der Waals surface area contributed by atoms with Crippen molar-refractivity contribution in [1.29, 1.82) is 0 Å². The van der Waals surface area contributed by atoms with Gasteiger partial charge in [-0.15, -0.1) is 0 Å². The van der Waals surface area contributed by atoms with E-state index in [1.807, 2.05) is 0 Å². The molecular weight excluding hydrogens is 416 g/mol. The summed E-state index contributed by atoms with van der Waals surface area (Å²) >= 11 is 0.765. The second-order valence-corrected chi connectivity index (χ2v) is 9.97. The summed E-state index contributed by atoms with van der Waals surface area (Å²) in [5.41, 5.74) is 0.651. The standard InChI is InChI=1S/C19H22N2O6S2/c1-3-20(14-8-9-29(25,26)12-14)17(22)11-21-18(23)16(28-19(21)24)10-13-6-4-5-7-15(13)27-2/h4-7,10,14H,3,8-9,11-12H2,1-2H3/b16-10-. The smallest absolute Gasteiger partial charge is 0.294 e. The van der Waals surface area contributed by atoms with E-state index in [1.165, 1.54) is 12.0 Å². The predicted molar refractivity (Wildman–Crippen MR) is 110 cm³/mol. The number of amides is 3. The average Bonchev–Trinajstić information content (AvgIpc) is 3.16. The summed E-state index contributed by atoms with van der Waals surface area (Å²) in [5, 5.41) is -0.528. The van der Waals surface area contributed by atoms with Crippen molar-refractivity contribution in [2.45, 2.75) is 19.4 Å². The van der Waals surface area contributed by atoms with E-state index in [0.717, 1.165) is 16.7 Å². The maximum absolute atomic E-state index is 12.7. The van der Waals surface area contributed by atoms with Crippen molar-refractivity contribution in [1.82, 2.24) is 9.80 Å². The molecule has 0 bridgehead atoms. The number of carbonyl (C=O) groups is 3. The van der Waals surface area contributed by atoms with Crippen LogP contribution >= 0.6 is 11.8 Å². The molecule has 0 aliphatic carbocycles. The minimum atomic E-state index is -3.15. The molecule has 2 saturated heterocycles. The average molecular weight is 439 g/mol. The van der Waals surface area contributed by atoms with Crippen molar-refractivity contribution < 1.29 is 27.5 Å². The molecule has 3 rings (SSSR count). The minimum Gasteiger partial charge on any atom is -0.496 e. The summed E-state index contributed by atoms with van der Waals surface area (Å²) in [6, 6.07) is 6.67. The number of benzene rings is 1. The molecule has 156 valence electrons. The van der Waals surface area contributed by atoms with Gasteiger partial charge in [-0.25, -0.2) is 8.42 Å². The fourth-order valence-corrected chi connectivity index (χ4v) is 6.01. The summed E-state index contributed by atoms with van der Waals surface area (Å²) in [6.45, 7) is 1.66. The molecule has 1 unspecified atom stereocenters. The van der Waals surface area contributed by atoms with Crippen molar-refractivity contribution >= 4 is 44.7 Å². The van der Waals surface area contributed by atoms with E-state index in [9.17, 15) is 22.8 Å². The monoisotopic (exact) mass is 438 g/mol. The van der Waals surface area contributed by atoms with Crippen molar-refractivity contribution in [3.8, 4) is 5.75 Å². The zero-order valence-electron chi connectivity index (χ0n) is 16.2. The number of nitrogens with zero attached hydrogens (tertiary/aromatic N) is 2. The van der Waals surface area contributed by atoms with E-state index in [-0.39, 0.29) is 16.4 Å². The van der Waals surface area contributed by atoms with Gasteiger partial charge < -0.3 is 9.64 Å². The highest BCUT2D eigenvalue weighted by Gasteiger charge is 2.39. The van der Waals surface area contributed by atoms with E-state index in [0.29, 0.717) is 24.3 Å². The Kier molecular flexibility index (Phi) is 6.33. The van der Waals surface area contributed by atoms with Gasteiger partial charge in [-0.1, -0.05) is 18.2 Å². The molecular formula is C19H22N2O6S2. The lowest BCUT2D eigenvalue weighted by molar-refractivity contribution is -0.137. The first-order valence-electron chi connectivity index (χ1n) is 9.14. The number of sulfone groups is 1. The van der Waals surface area contributed by atoms with Gasteiger partial charge in [0.1, 0.15) is 12.3 Å². The lowest BCUT2D eigenvalue weighted by atomic mass is 10.2. The van der Waals surface area contributed by atoms with E-state index < -0.39 is 39.5 Å². The summed E-state index contributed by atoms with van der Waals surface area (Å²) in [6.07, 6.45) is 1.94. The molecule has 0 aromatic heterocycles. The van der Waals surface area contributed by atoms with Crippen LogP contribution in [-0.2, 0) is 19.4 Å². The van der Waals surface area contributed by atoms with E-state index in [2.05, 4.69) is 0 Å². The first kappa shape index (κ1) is 21.4. The van der Waals surface area contributed by atoms with Gasteiger partial charge in [-0.05, 0) is 37.2 Å². The highest BCUT2D eigenvalue weighted by atomic mass is 32.2. The molecule has 0 N–H and O–H groups in total. The third-order valence-electron chi connectivity index (χ3n) is 4.90. The van der Waals surface area contributed by atoms with Crippen LogP contribution in [0.1, 0.15) is 18.9 Å². The molecule has 29 heavy (non-hydrogen) atoms. The van der Waals surface area contributed by atoms with Crippen LogP contribution in [0.25, 0.3) is 6.08 Å². The molecule has 3 amide bonds. The summed E-state index contributed by atoms with van der Waals surface area (Å²) < 4.78 is 28.7. The summed E-state index contributed by atoms with van der Waals surface area (Å²) in [4.78, 5) is 40.3. The van der Waals surface area contributed by atoms with Crippen molar-refractivity contribution in [3.05, 3.63) is 34.7 Å². The van der Waals surface area contributed by atoms with Gasteiger partial charge in [0, 0.05) is 18.2 Å². The molecule has 2 heterocycles. The highest BCUT2D eigenvalue weighted by Crippen LogP contribution is 2.34. The Bertz CT molecular complexity index is 973. The molecule has 0 radical (unpaired) electrons. The number of hydrogen-bond acceptors (Lipinski definition) is 7. The molecule has 1 aromatic carbocycles. The normalized spacial score (nSPS) is 22.3. The number of para-hydroxylation sites is 1. The Morgan fingerprint density at radius 2 is 2.07 bits per heavy atom. The first-order valence-corrected chi connectivity index (χ1v) is 11.8. The van der Waals surface area contributed by atoms with Crippen LogP contribution in [0.3, 0.4) is 0 Å². The SMILES string of the molecule is CCN(C(=O)CN1C(=O)S/C(=C\c2ccccc2OC)C1=O)C1CCS(=O)(=O)C1. The summed E-state index contributed by atoms with van der Waals surface area (Å²) in [7, 11) is -1.64. The molecule has 0 spiro atoms. The zero-order valence-corrected chi connectivity index (χ0v) is 17.8. The Labute approximate surface area is 173 Å². The molecule has 2 aliphatic heterocycles. The number of ether oxygens (including phenoxy) is 1. The Morgan fingerprint density at radius 1 is 1.34 bits per heavy atom. The van der Waals surface area contributed by atoms with E-state index >= 15 is 0 Å². The van der Waals surface area contributed by atoms with Crippen molar-refractivity contribution in [3.63, 3.8) is 0 Å². The number of methoxy groups -OCH3 is 1. The van der Waals surface area contributed by atoms with Crippen molar-refractivity contribution in [2.75, 3.05) is 31.7 Å². The number of carbonyl (C=O) groups excluding carboxylic acids is 3. The second-order valence-electron chi connectivity index (χ2n) is 6.75. The Morgan fingerprint density at radius 3 is 2.69 bits per heavy atom. The molecule has 2 fully saturated rings. The lowest BCUT2D eigenvalue weighted by Crippen LogP contribution is -2.47. The van der Waals surface area contributed by atoms with Gasteiger partial charge in [0.05, 0.1) is 23.5 Å². The number of thioether (sulfide) groups is 1.